The molecule has 0 bridgehead atoms. The van der Waals surface area contributed by atoms with Crippen molar-refractivity contribution >= 4 is 17.5 Å². The van der Waals surface area contributed by atoms with E-state index in [1.54, 1.807) is 17.0 Å². The van der Waals surface area contributed by atoms with E-state index < -0.39 is 11.9 Å². The number of carbonyl (C=O) groups is 2. The van der Waals surface area contributed by atoms with Crippen LogP contribution in [0.15, 0.2) is 48.5 Å². The summed E-state index contributed by atoms with van der Waals surface area (Å²) in [5, 5.41) is 12.8. The summed E-state index contributed by atoms with van der Waals surface area (Å²) in [4.78, 5) is 26.9. The highest BCUT2D eigenvalue weighted by atomic mass is 16.5. The molecule has 2 N–H and O–H groups in total. The number of phenolic OH excluding ortho intramolecular Hbond substituents is 1. The first-order chi connectivity index (χ1) is 12.0. The Balaban J connectivity index is 1.78. The van der Waals surface area contributed by atoms with Crippen LogP contribution >= 0.6 is 0 Å². The van der Waals surface area contributed by atoms with Gasteiger partial charge in [0, 0.05) is 11.7 Å². The lowest BCUT2D eigenvalue weighted by Crippen LogP contribution is -2.42. The van der Waals surface area contributed by atoms with Gasteiger partial charge in [0.15, 0.2) is 11.5 Å². The van der Waals surface area contributed by atoms with Gasteiger partial charge in [-0.2, -0.15) is 0 Å². The first-order valence-corrected chi connectivity index (χ1v) is 8.08. The molecule has 0 spiro atoms. The number of benzene rings is 2. The van der Waals surface area contributed by atoms with Crippen LogP contribution in [0.5, 0.6) is 11.5 Å². The molecule has 25 heavy (non-hydrogen) atoms. The molecule has 1 aliphatic heterocycles. The average molecular weight is 340 g/mol. The zero-order chi connectivity index (χ0) is 18.0. The minimum absolute atomic E-state index is 0.0286. The number of methoxy groups -OCH3 is 1. The zero-order valence-corrected chi connectivity index (χ0v) is 14.1. The molecule has 3 rings (SSSR count). The second kappa shape index (κ2) is 6.84. The van der Waals surface area contributed by atoms with Gasteiger partial charge in [-0.25, -0.2) is 0 Å². The maximum absolute atomic E-state index is 12.7. The summed E-state index contributed by atoms with van der Waals surface area (Å²) in [5.74, 6) is -0.683. The predicted molar refractivity (Wildman–Crippen MR) is 93.9 cm³/mol. The monoisotopic (exact) mass is 340 g/mol. The smallest absolute Gasteiger partial charge is 0.255 e. The summed E-state index contributed by atoms with van der Waals surface area (Å²) in [6.07, 6.45) is 0.504. The molecule has 2 amide bonds. The Bertz CT molecular complexity index is 791. The van der Waals surface area contributed by atoms with Gasteiger partial charge >= 0.3 is 0 Å². The molecule has 1 aliphatic rings. The van der Waals surface area contributed by atoms with Gasteiger partial charge in [0.2, 0.25) is 5.91 Å². The van der Waals surface area contributed by atoms with Crippen molar-refractivity contribution in [1.29, 1.82) is 0 Å². The fourth-order valence-corrected chi connectivity index (χ4v) is 3.13. The van der Waals surface area contributed by atoms with Gasteiger partial charge < -0.3 is 20.1 Å². The van der Waals surface area contributed by atoms with Gasteiger partial charge in [0.1, 0.15) is 6.04 Å². The molecule has 0 radical (unpaired) electrons. The lowest BCUT2D eigenvalue weighted by Gasteiger charge is -2.21. The Kier molecular flexibility index (Phi) is 4.61. The van der Waals surface area contributed by atoms with Crippen LogP contribution in [0, 0.1) is 0 Å². The van der Waals surface area contributed by atoms with Crippen molar-refractivity contribution in [2.45, 2.75) is 25.4 Å². The second-order valence-electron chi connectivity index (χ2n) is 6.01. The van der Waals surface area contributed by atoms with Crippen LogP contribution < -0.4 is 15.0 Å². The zero-order valence-electron chi connectivity index (χ0n) is 14.1. The number of phenols is 1. The number of hydrogen-bond donors (Lipinski definition) is 2. The number of amides is 2. The Hall–Kier alpha value is -3.02. The lowest BCUT2D eigenvalue weighted by atomic mass is 10.1. The maximum Gasteiger partial charge on any atom is 0.255 e. The number of anilines is 1. The fraction of sp³-hybridized carbons (Fsp3) is 0.263. The van der Waals surface area contributed by atoms with E-state index in [9.17, 15) is 14.7 Å². The number of carbonyl (C=O) groups excluding carboxylic acids is 2. The second-order valence-corrected chi connectivity index (χ2v) is 6.01. The molecule has 6 nitrogen and oxygen atoms in total. The van der Waals surface area contributed by atoms with E-state index in [-0.39, 0.29) is 29.0 Å². The van der Waals surface area contributed by atoms with Crippen LogP contribution in [-0.2, 0) is 4.79 Å². The third-order valence-corrected chi connectivity index (χ3v) is 4.36. The van der Waals surface area contributed by atoms with E-state index in [4.69, 9.17) is 4.74 Å². The van der Waals surface area contributed by atoms with Crippen LogP contribution in [0.4, 0.5) is 5.69 Å². The quantitative estimate of drug-likeness (QED) is 0.895. The first-order valence-electron chi connectivity index (χ1n) is 8.08. The lowest BCUT2D eigenvalue weighted by molar-refractivity contribution is -0.118. The van der Waals surface area contributed by atoms with Crippen molar-refractivity contribution in [2.24, 2.45) is 0 Å². The van der Waals surface area contributed by atoms with Crippen molar-refractivity contribution < 1.29 is 19.4 Å². The minimum Gasteiger partial charge on any atom is -0.504 e. The SMILES string of the molecule is COc1cccc(C(=O)N[C@@H]2C[C@@H](C)N(c3ccccc3)C2=O)c1O. The molecule has 2 atom stereocenters. The highest BCUT2D eigenvalue weighted by molar-refractivity contribution is 6.05. The van der Waals surface area contributed by atoms with Crippen molar-refractivity contribution in [3.8, 4) is 11.5 Å². The van der Waals surface area contributed by atoms with E-state index >= 15 is 0 Å². The molecule has 1 saturated heterocycles. The normalized spacial score (nSPS) is 19.8. The van der Waals surface area contributed by atoms with E-state index in [0.29, 0.717) is 6.42 Å². The Morgan fingerprint density at radius 1 is 1.20 bits per heavy atom. The molecular formula is C19H20N2O4. The van der Waals surface area contributed by atoms with E-state index in [1.165, 1.54) is 13.2 Å². The summed E-state index contributed by atoms with van der Waals surface area (Å²) >= 11 is 0. The molecule has 130 valence electrons. The van der Waals surface area contributed by atoms with Gasteiger partial charge in [0.25, 0.3) is 5.91 Å². The average Bonchev–Trinajstić information content (AvgIpc) is 2.89. The van der Waals surface area contributed by atoms with Gasteiger partial charge in [-0.1, -0.05) is 24.3 Å². The fourth-order valence-electron chi connectivity index (χ4n) is 3.13. The van der Waals surface area contributed by atoms with Crippen LogP contribution in [-0.4, -0.2) is 36.1 Å². The van der Waals surface area contributed by atoms with Crippen molar-refractivity contribution in [1.82, 2.24) is 5.32 Å². The summed E-state index contributed by atoms with van der Waals surface area (Å²) in [6, 6.07) is 13.4. The number of rotatable bonds is 4. The van der Waals surface area contributed by atoms with Gasteiger partial charge in [-0.05, 0) is 37.6 Å². The third-order valence-electron chi connectivity index (χ3n) is 4.36. The Morgan fingerprint density at radius 2 is 1.92 bits per heavy atom. The molecule has 2 aromatic carbocycles. The number of para-hydroxylation sites is 2. The van der Waals surface area contributed by atoms with E-state index in [0.717, 1.165) is 5.69 Å². The topological polar surface area (TPSA) is 78.9 Å². The van der Waals surface area contributed by atoms with Crippen molar-refractivity contribution in [3.63, 3.8) is 0 Å². The molecular weight excluding hydrogens is 320 g/mol. The minimum atomic E-state index is -0.631. The number of nitrogens with one attached hydrogen (secondary N) is 1. The highest BCUT2D eigenvalue weighted by Gasteiger charge is 2.39. The highest BCUT2D eigenvalue weighted by Crippen LogP contribution is 2.30. The molecule has 1 heterocycles. The molecule has 0 aromatic heterocycles. The molecule has 0 aliphatic carbocycles. The molecule has 2 aromatic rings. The van der Waals surface area contributed by atoms with Crippen LogP contribution in [0.2, 0.25) is 0 Å². The summed E-state index contributed by atoms with van der Waals surface area (Å²) in [5.41, 5.74) is 0.888. The maximum atomic E-state index is 12.7. The first kappa shape index (κ1) is 16.8. The summed E-state index contributed by atoms with van der Waals surface area (Å²) < 4.78 is 5.01. The predicted octanol–water partition coefficient (Wildman–Crippen LogP) is 2.32. The summed E-state index contributed by atoms with van der Waals surface area (Å²) in [7, 11) is 1.41. The van der Waals surface area contributed by atoms with E-state index in [2.05, 4.69) is 5.32 Å². The standard InChI is InChI=1S/C19H20N2O4/c1-12-11-15(19(24)21(12)13-7-4-3-5-8-13)20-18(23)14-9-6-10-16(25-2)17(14)22/h3-10,12,15,22H,11H2,1-2H3,(H,20,23)/t12-,15-/m1/s1. The Morgan fingerprint density at radius 3 is 2.60 bits per heavy atom. The summed E-state index contributed by atoms with van der Waals surface area (Å²) in [6.45, 7) is 1.94. The van der Waals surface area contributed by atoms with Crippen LogP contribution in [0.3, 0.4) is 0 Å². The van der Waals surface area contributed by atoms with Gasteiger partial charge in [0.05, 0.1) is 12.7 Å². The van der Waals surface area contributed by atoms with E-state index in [1.807, 2.05) is 37.3 Å². The number of hydrogen-bond acceptors (Lipinski definition) is 4. The number of nitrogens with zero attached hydrogens (tertiary/aromatic N) is 1. The largest absolute Gasteiger partial charge is 0.504 e. The van der Waals surface area contributed by atoms with Crippen LogP contribution in [0.25, 0.3) is 0 Å². The van der Waals surface area contributed by atoms with Gasteiger partial charge in [-0.3, -0.25) is 9.59 Å². The number of ether oxygens (including phenoxy) is 1. The van der Waals surface area contributed by atoms with Gasteiger partial charge in [-0.15, -0.1) is 0 Å². The van der Waals surface area contributed by atoms with Crippen molar-refractivity contribution in [2.75, 3.05) is 12.0 Å². The molecule has 0 unspecified atom stereocenters. The molecule has 0 saturated carbocycles. The Labute approximate surface area is 146 Å². The third kappa shape index (κ3) is 3.15. The van der Waals surface area contributed by atoms with Crippen LogP contribution in [0.1, 0.15) is 23.7 Å². The molecule has 1 fully saturated rings. The number of aromatic hydroxyl groups is 1. The van der Waals surface area contributed by atoms with Crippen molar-refractivity contribution in [3.05, 3.63) is 54.1 Å². The molecule has 6 heteroatoms.